The molecule has 0 saturated carbocycles. The number of rotatable bonds is 3. The lowest BCUT2D eigenvalue weighted by molar-refractivity contribution is -0.117. The first kappa shape index (κ1) is 14.1. The Morgan fingerprint density at radius 2 is 2.05 bits per heavy atom. The summed E-state index contributed by atoms with van der Waals surface area (Å²) >= 11 is 3.49. The van der Waals surface area contributed by atoms with E-state index in [0.29, 0.717) is 5.75 Å². The highest BCUT2D eigenvalue weighted by Gasteiger charge is 2.29. The van der Waals surface area contributed by atoms with Crippen molar-refractivity contribution < 1.29 is 9.53 Å². The first-order valence-electron chi connectivity index (χ1n) is 6.64. The van der Waals surface area contributed by atoms with Crippen LogP contribution in [0.15, 0.2) is 40.9 Å². The van der Waals surface area contributed by atoms with Crippen LogP contribution >= 0.6 is 15.9 Å². The molecular weight excluding hydrogens is 332 g/mol. The number of likely N-dealkylation sites (N-methyl/N-ethyl adjacent to an activating group) is 1. The van der Waals surface area contributed by atoms with Gasteiger partial charge in [-0.3, -0.25) is 4.79 Å². The first-order chi connectivity index (χ1) is 10.1. The summed E-state index contributed by atoms with van der Waals surface area (Å²) < 4.78 is 6.78. The lowest BCUT2D eigenvalue weighted by Gasteiger charge is -2.10. The van der Waals surface area contributed by atoms with Crippen molar-refractivity contribution in [2.45, 2.75) is 13.0 Å². The predicted molar refractivity (Wildman–Crippen MR) is 85.8 cm³/mol. The van der Waals surface area contributed by atoms with E-state index in [1.807, 2.05) is 43.3 Å². The van der Waals surface area contributed by atoms with Crippen molar-refractivity contribution in [2.24, 2.45) is 0 Å². The summed E-state index contributed by atoms with van der Waals surface area (Å²) in [4.78, 5) is 11.8. The highest BCUT2D eigenvalue weighted by molar-refractivity contribution is 9.10. The molecule has 3 rings (SSSR count). The number of aryl methyl sites for hydroxylation is 1. The van der Waals surface area contributed by atoms with Crippen molar-refractivity contribution in [3.05, 3.63) is 52.0 Å². The average Bonchev–Trinajstić information content (AvgIpc) is 2.76. The Balaban J connectivity index is 1.89. The molecule has 21 heavy (non-hydrogen) atoms. The number of benzene rings is 2. The van der Waals surface area contributed by atoms with Gasteiger partial charge < -0.3 is 15.4 Å². The van der Waals surface area contributed by atoms with Crippen molar-refractivity contribution in [3.63, 3.8) is 0 Å². The molecule has 0 aromatic heterocycles. The Kier molecular flexibility index (Phi) is 3.69. The van der Waals surface area contributed by atoms with Gasteiger partial charge in [0.25, 0.3) is 0 Å². The van der Waals surface area contributed by atoms with Crippen LogP contribution in [0.1, 0.15) is 17.2 Å². The van der Waals surface area contributed by atoms with E-state index in [1.165, 1.54) is 0 Å². The van der Waals surface area contributed by atoms with Crippen LogP contribution in [0.5, 0.6) is 11.5 Å². The smallest absolute Gasteiger partial charge is 0.246 e. The Labute approximate surface area is 131 Å². The third-order valence-electron chi connectivity index (χ3n) is 3.46. The molecular formula is C16H15BrN2O2. The second-order valence-corrected chi connectivity index (χ2v) is 5.85. The molecule has 5 heteroatoms. The Hall–Kier alpha value is -1.85. The summed E-state index contributed by atoms with van der Waals surface area (Å²) in [5.41, 5.74) is 2.89. The van der Waals surface area contributed by atoms with Gasteiger partial charge >= 0.3 is 0 Å². The average molecular weight is 347 g/mol. The number of halogens is 1. The van der Waals surface area contributed by atoms with Gasteiger partial charge in [0.15, 0.2) is 0 Å². The van der Waals surface area contributed by atoms with Gasteiger partial charge in [0.05, 0.1) is 4.47 Å². The molecule has 0 aliphatic carbocycles. The molecule has 1 aliphatic rings. The van der Waals surface area contributed by atoms with Crippen LogP contribution in [0.4, 0.5) is 5.69 Å². The van der Waals surface area contributed by atoms with Crippen LogP contribution in [0, 0.1) is 6.92 Å². The van der Waals surface area contributed by atoms with E-state index in [0.717, 1.165) is 27.0 Å². The molecule has 2 N–H and O–H groups in total. The van der Waals surface area contributed by atoms with Crippen molar-refractivity contribution in [2.75, 3.05) is 12.4 Å². The fourth-order valence-corrected chi connectivity index (χ4v) is 2.98. The number of hydrogen-bond donors (Lipinski definition) is 2. The van der Waals surface area contributed by atoms with Crippen molar-refractivity contribution >= 4 is 27.5 Å². The molecule has 0 spiro atoms. The number of carbonyl (C=O) groups is 1. The molecule has 0 bridgehead atoms. The zero-order chi connectivity index (χ0) is 15.0. The standard InChI is InChI=1S/C16H15BrN2O2/c1-9-3-6-14(12(17)7-9)21-10-4-5-11-13(8-10)19-16(20)15(11)18-2/h3-8,15,18H,1-2H3,(H,19,20). The van der Waals surface area contributed by atoms with Gasteiger partial charge in [-0.05, 0) is 53.7 Å². The maximum absolute atomic E-state index is 11.8. The molecule has 1 heterocycles. The summed E-state index contributed by atoms with van der Waals surface area (Å²) in [6.45, 7) is 2.03. The van der Waals surface area contributed by atoms with E-state index >= 15 is 0 Å². The van der Waals surface area contributed by atoms with Gasteiger partial charge in [0.2, 0.25) is 5.91 Å². The fourth-order valence-electron chi connectivity index (χ4n) is 2.41. The minimum Gasteiger partial charge on any atom is -0.456 e. The van der Waals surface area contributed by atoms with Crippen LogP contribution in [0.3, 0.4) is 0 Å². The zero-order valence-electron chi connectivity index (χ0n) is 11.7. The maximum atomic E-state index is 11.8. The number of anilines is 1. The number of nitrogens with one attached hydrogen (secondary N) is 2. The monoisotopic (exact) mass is 346 g/mol. The van der Waals surface area contributed by atoms with Crippen molar-refractivity contribution in [1.82, 2.24) is 5.32 Å². The van der Waals surface area contributed by atoms with Crippen LogP contribution in [0.2, 0.25) is 0 Å². The lowest BCUT2D eigenvalue weighted by atomic mass is 10.1. The van der Waals surface area contributed by atoms with Gasteiger partial charge in [-0.15, -0.1) is 0 Å². The minimum atomic E-state index is -0.292. The molecule has 2 aromatic carbocycles. The van der Waals surface area contributed by atoms with E-state index < -0.39 is 0 Å². The lowest BCUT2D eigenvalue weighted by Crippen LogP contribution is -2.23. The van der Waals surface area contributed by atoms with E-state index in [9.17, 15) is 4.79 Å². The molecule has 1 aliphatic heterocycles. The molecule has 4 nitrogen and oxygen atoms in total. The summed E-state index contributed by atoms with van der Waals surface area (Å²) in [6, 6.07) is 11.2. The van der Waals surface area contributed by atoms with Gasteiger partial charge in [-0.25, -0.2) is 0 Å². The number of ether oxygens (including phenoxy) is 1. The van der Waals surface area contributed by atoms with Crippen LogP contribution < -0.4 is 15.4 Å². The van der Waals surface area contributed by atoms with Gasteiger partial charge in [0, 0.05) is 17.3 Å². The van der Waals surface area contributed by atoms with E-state index in [2.05, 4.69) is 26.6 Å². The van der Waals surface area contributed by atoms with Gasteiger partial charge in [0.1, 0.15) is 17.5 Å². The van der Waals surface area contributed by atoms with Crippen molar-refractivity contribution in [3.8, 4) is 11.5 Å². The zero-order valence-corrected chi connectivity index (χ0v) is 13.3. The number of hydrogen-bond acceptors (Lipinski definition) is 3. The summed E-state index contributed by atoms with van der Waals surface area (Å²) in [5.74, 6) is 1.39. The Morgan fingerprint density at radius 1 is 1.24 bits per heavy atom. The number of amides is 1. The van der Waals surface area contributed by atoms with Gasteiger partial charge in [-0.2, -0.15) is 0 Å². The second kappa shape index (κ2) is 5.50. The van der Waals surface area contributed by atoms with Crippen LogP contribution in [-0.2, 0) is 4.79 Å². The SMILES string of the molecule is CNC1C(=O)Nc2cc(Oc3ccc(C)cc3Br)ccc21. The molecule has 1 atom stereocenters. The van der Waals surface area contributed by atoms with E-state index in [-0.39, 0.29) is 11.9 Å². The molecule has 0 fully saturated rings. The largest absolute Gasteiger partial charge is 0.456 e. The molecule has 0 radical (unpaired) electrons. The summed E-state index contributed by atoms with van der Waals surface area (Å²) in [6.07, 6.45) is 0. The Morgan fingerprint density at radius 3 is 2.76 bits per heavy atom. The highest BCUT2D eigenvalue weighted by atomic mass is 79.9. The van der Waals surface area contributed by atoms with E-state index in [4.69, 9.17) is 4.74 Å². The Bertz CT molecular complexity index is 715. The third-order valence-corrected chi connectivity index (χ3v) is 4.08. The normalized spacial score (nSPS) is 16.5. The topological polar surface area (TPSA) is 50.4 Å². The highest BCUT2D eigenvalue weighted by Crippen LogP contribution is 2.36. The number of carbonyl (C=O) groups excluding carboxylic acids is 1. The minimum absolute atomic E-state index is 0.0406. The summed E-state index contributed by atoms with van der Waals surface area (Å²) in [5, 5.41) is 5.85. The van der Waals surface area contributed by atoms with Crippen LogP contribution in [-0.4, -0.2) is 13.0 Å². The predicted octanol–water partition coefficient (Wildman–Crippen LogP) is 3.76. The maximum Gasteiger partial charge on any atom is 0.246 e. The summed E-state index contributed by atoms with van der Waals surface area (Å²) in [7, 11) is 1.77. The molecule has 0 saturated heterocycles. The number of fused-ring (bicyclic) bond motifs is 1. The van der Waals surface area contributed by atoms with E-state index in [1.54, 1.807) is 7.05 Å². The quantitative estimate of drug-likeness (QED) is 0.889. The molecule has 1 unspecified atom stereocenters. The molecule has 1 amide bonds. The van der Waals surface area contributed by atoms with Crippen LogP contribution in [0.25, 0.3) is 0 Å². The first-order valence-corrected chi connectivity index (χ1v) is 7.44. The molecule has 2 aromatic rings. The second-order valence-electron chi connectivity index (χ2n) is 5.00. The fraction of sp³-hybridized carbons (Fsp3) is 0.188. The third kappa shape index (κ3) is 2.66. The molecule has 108 valence electrons. The van der Waals surface area contributed by atoms with Crippen molar-refractivity contribution in [1.29, 1.82) is 0 Å². The van der Waals surface area contributed by atoms with Gasteiger partial charge in [-0.1, -0.05) is 12.1 Å².